The smallest absolute Gasteiger partial charge is 0.417 e. The van der Waals surface area contributed by atoms with E-state index in [1.54, 1.807) is 0 Å². The number of benzene rings is 1. The van der Waals surface area contributed by atoms with Gasteiger partial charge in [-0.05, 0) is 24.3 Å². The second-order valence-electron chi connectivity index (χ2n) is 5.14. The first-order valence-electron chi connectivity index (χ1n) is 7.19. The first-order valence-corrected chi connectivity index (χ1v) is 7.57. The van der Waals surface area contributed by atoms with Crippen LogP contribution in [0.25, 0.3) is 0 Å². The van der Waals surface area contributed by atoms with E-state index in [0.717, 1.165) is 10.9 Å². The van der Waals surface area contributed by atoms with E-state index in [1.807, 2.05) is 0 Å². The SMILES string of the molecule is O=C(Cn1cncn1)c1cnc(Oc2ccc(Cl)cc2)cc1C(F)(F)F. The Morgan fingerprint density at radius 3 is 2.58 bits per heavy atom. The molecule has 0 saturated carbocycles. The number of carbonyl (C=O) groups is 1. The number of hydrogen-bond donors (Lipinski definition) is 0. The molecule has 0 N–H and O–H groups in total. The molecule has 3 aromatic rings. The number of ether oxygens (including phenoxy) is 1. The molecule has 10 heteroatoms. The predicted octanol–water partition coefficient (Wildman–Crippen LogP) is 4.02. The predicted molar refractivity (Wildman–Crippen MR) is 85.1 cm³/mol. The number of rotatable bonds is 5. The zero-order valence-corrected chi connectivity index (χ0v) is 13.7. The van der Waals surface area contributed by atoms with Gasteiger partial charge in [0.05, 0.1) is 11.1 Å². The summed E-state index contributed by atoms with van der Waals surface area (Å²) < 4.78 is 46.5. The molecule has 134 valence electrons. The zero-order valence-electron chi connectivity index (χ0n) is 12.9. The van der Waals surface area contributed by atoms with E-state index in [9.17, 15) is 18.0 Å². The van der Waals surface area contributed by atoms with Gasteiger partial charge >= 0.3 is 6.18 Å². The molecule has 26 heavy (non-hydrogen) atoms. The molecule has 2 heterocycles. The third kappa shape index (κ3) is 4.17. The number of pyridine rings is 1. The van der Waals surface area contributed by atoms with Gasteiger partial charge in [-0.3, -0.25) is 4.79 Å². The van der Waals surface area contributed by atoms with Gasteiger partial charge in [0, 0.05) is 17.3 Å². The highest BCUT2D eigenvalue weighted by Crippen LogP contribution is 2.35. The van der Waals surface area contributed by atoms with Crippen LogP contribution in [0.3, 0.4) is 0 Å². The highest BCUT2D eigenvalue weighted by Gasteiger charge is 2.36. The highest BCUT2D eigenvalue weighted by atomic mass is 35.5. The van der Waals surface area contributed by atoms with Gasteiger partial charge < -0.3 is 4.74 Å². The lowest BCUT2D eigenvalue weighted by molar-refractivity contribution is -0.138. The maximum absolute atomic E-state index is 13.4. The first kappa shape index (κ1) is 17.9. The molecule has 1 aromatic carbocycles. The van der Waals surface area contributed by atoms with E-state index in [4.69, 9.17) is 16.3 Å². The molecular weight excluding hydrogens is 373 g/mol. The van der Waals surface area contributed by atoms with Crippen LogP contribution in [0, 0.1) is 0 Å². The number of hydrogen-bond acceptors (Lipinski definition) is 5. The minimum atomic E-state index is -4.76. The molecule has 0 aliphatic heterocycles. The van der Waals surface area contributed by atoms with Crippen molar-refractivity contribution in [2.24, 2.45) is 0 Å². The zero-order chi connectivity index (χ0) is 18.7. The molecule has 0 saturated heterocycles. The van der Waals surface area contributed by atoms with Crippen molar-refractivity contribution < 1.29 is 22.7 Å². The van der Waals surface area contributed by atoms with E-state index in [1.165, 1.54) is 36.9 Å². The van der Waals surface area contributed by atoms with Crippen LogP contribution in [0.5, 0.6) is 11.6 Å². The lowest BCUT2D eigenvalue weighted by atomic mass is 10.1. The molecule has 6 nitrogen and oxygen atoms in total. The lowest BCUT2D eigenvalue weighted by Gasteiger charge is -2.13. The van der Waals surface area contributed by atoms with Crippen LogP contribution in [0.4, 0.5) is 13.2 Å². The number of nitrogens with zero attached hydrogens (tertiary/aromatic N) is 4. The second kappa shape index (κ2) is 7.12. The van der Waals surface area contributed by atoms with Gasteiger partial charge in [-0.15, -0.1) is 0 Å². The minimum Gasteiger partial charge on any atom is -0.439 e. The van der Waals surface area contributed by atoms with Crippen LogP contribution < -0.4 is 4.74 Å². The number of halogens is 4. The average Bonchev–Trinajstić information content (AvgIpc) is 3.09. The van der Waals surface area contributed by atoms with Crippen LogP contribution in [-0.2, 0) is 12.7 Å². The highest BCUT2D eigenvalue weighted by molar-refractivity contribution is 6.30. The minimum absolute atomic E-state index is 0.261. The van der Waals surface area contributed by atoms with Crippen LogP contribution in [0.1, 0.15) is 15.9 Å². The number of Topliss-reactive ketones (excluding diaryl/α,β-unsaturated/α-hetero) is 1. The van der Waals surface area contributed by atoms with Gasteiger partial charge in [-0.1, -0.05) is 11.6 Å². The Hall–Kier alpha value is -2.94. The summed E-state index contributed by atoms with van der Waals surface area (Å²) in [5.74, 6) is -0.831. The van der Waals surface area contributed by atoms with Crippen molar-refractivity contribution in [1.29, 1.82) is 0 Å². The summed E-state index contributed by atoms with van der Waals surface area (Å²) in [5, 5.41) is 4.16. The molecule has 0 bridgehead atoms. The topological polar surface area (TPSA) is 69.9 Å². The molecule has 0 unspecified atom stereocenters. The normalized spacial score (nSPS) is 11.4. The monoisotopic (exact) mass is 382 g/mol. The summed E-state index contributed by atoms with van der Waals surface area (Å²) in [5.41, 5.74) is -1.71. The summed E-state index contributed by atoms with van der Waals surface area (Å²) >= 11 is 5.74. The van der Waals surface area contributed by atoms with Gasteiger partial charge in [0.15, 0.2) is 5.78 Å². The average molecular weight is 383 g/mol. The maximum Gasteiger partial charge on any atom is 0.417 e. The Morgan fingerprint density at radius 1 is 1.23 bits per heavy atom. The number of ketones is 1. The van der Waals surface area contributed by atoms with Crippen LogP contribution in [0.15, 0.2) is 49.2 Å². The molecule has 2 aromatic heterocycles. The fraction of sp³-hybridized carbons (Fsp3) is 0.125. The standard InChI is InChI=1S/C16H10ClF3N4O2/c17-10-1-3-11(4-2-10)26-15-5-13(16(18,19)20)12(6-22-15)14(25)7-24-9-21-8-23-24/h1-6,8-9H,7H2. The van der Waals surface area contributed by atoms with Crippen molar-refractivity contribution in [3.63, 3.8) is 0 Å². The van der Waals surface area contributed by atoms with Gasteiger partial charge in [-0.25, -0.2) is 14.6 Å². The van der Waals surface area contributed by atoms with Crippen molar-refractivity contribution in [2.45, 2.75) is 12.7 Å². The number of alkyl halides is 3. The third-order valence-electron chi connectivity index (χ3n) is 3.29. The summed E-state index contributed by atoms with van der Waals surface area (Å²) in [7, 11) is 0. The molecule has 0 radical (unpaired) electrons. The summed E-state index contributed by atoms with van der Waals surface area (Å²) in [4.78, 5) is 19.6. The van der Waals surface area contributed by atoms with Crippen molar-refractivity contribution in [3.8, 4) is 11.6 Å². The van der Waals surface area contributed by atoms with Gasteiger partial charge in [0.1, 0.15) is 24.9 Å². The first-order chi connectivity index (χ1) is 12.3. The molecule has 0 aliphatic carbocycles. The molecule has 0 spiro atoms. The Morgan fingerprint density at radius 2 is 1.96 bits per heavy atom. The van der Waals surface area contributed by atoms with Gasteiger partial charge in [0.2, 0.25) is 5.88 Å². The molecule has 0 amide bonds. The third-order valence-corrected chi connectivity index (χ3v) is 3.54. The van der Waals surface area contributed by atoms with E-state index < -0.39 is 23.1 Å². The fourth-order valence-corrected chi connectivity index (χ4v) is 2.24. The molecule has 0 fully saturated rings. The van der Waals surface area contributed by atoms with Crippen LogP contribution >= 0.6 is 11.6 Å². The lowest BCUT2D eigenvalue weighted by Crippen LogP contribution is -2.18. The van der Waals surface area contributed by atoms with E-state index in [-0.39, 0.29) is 18.2 Å². The van der Waals surface area contributed by atoms with E-state index in [2.05, 4.69) is 15.1 Å². The second-order valence-corrected chi connectivity index (χ2v) is 5.57. The molecule has 3 rings (SSSR count). The van der Waals surface area contributed by atoms with Crippen LogP contribution in [-0.4, -0.2) is 25.5 Å². The summed E-state index contributed by atoms with van der Waals surface area (Å²) in [6.45, 7) is -0.387. The van der Waals surface area contributed by atoms with Crippen LogP contribution in [0.2, 0.25) is 5.02 Å². The van der Waals surface area contributed by atoms with Gasteiger partial charge in [-0.2, -0.15) is 18.3 Å². The Kier molecular flexibility index (Phi) is 4.90. The van der Waals surface area contributed by atoms with Gasteiger partial charge in [0.25, 0.3) is 0 Å². The van der Waals surface area contributed by atoms with Crippen molar-refractivity contribution in [2.75, 3.05) is 0 Å². The Labute approximate surface area is 150 Å². The maximum atomic E-state index is 13.4. The Bertz CT molecular complexity index is 912. The summed E-state index contributed by atoms with van der Waals surface area (Å²) in [6.07, 6.45) is -1.50. The number of carbonyl (C=O) groups excluding carboxylic acids is 1. The largest absolute Gasteiger partial charge is 0.439 e. The quantitative estimate of drug-likeness (QED) is 0.623. The molecule has 0 atom stereocenters. The van der Waals surface area contributed by atoms with Crippen molar-refractivity contribution in [3.05, 3.63) is 65.3 Å². The van der Waals surface area contributed by atoms with Crippen molar-refractivity contribution in [1.82, 2.24) is 19.7 Å². The van der Waals surface area contributed by atoms with E-state index in [0.29, 0.717) is 11.1 Å². The molecule has 0 aliphatic rings. The fourth-order valence-electron chi connectivity index (χ4n) is 2.12. The Balaban J connectivity index is 1.90. The molecular formula is C16H10ClF3N4O2. The number of aromatic nitrogens is 4. The van der Waals surface area contributed by atoms with Crippen molar-refractivity contribution >= 4 is 17.4 Å². The van der Waals surface area contributed by atoms with E-state index >= 15 is 0 Å². The summed E-state index contributed by atoms with van der Waals surface area (Å²) in [6, 6.07) is 6.71.